The van der Waals surface area contributed by atoms with E-state index in [9.17, 15) is 4.79 Å². The quantitative estimate of drug-likeness (QED) is 0.112. The van der Waals surface area contributed by atoms with Crippen molar-refractivity contribution in [3.63, 3.8) is 0 Å². The third-order valence-electron chi connectivity index (χ3n) is 8.93. The van der Waals surface area contributed by atoms with Gasteiger partial charge in [-0.25, -0.2) is 5.84 Å². The molecule has 1 atom stereocenters. The molecule has 2 heterocycles. The Morgan fingerprint density at radius 3 is 2.61 bits per heavy atom. The van der Waals surface area contributed by atoms with Crippen LogP contribution in [-0.2, 0) is 22.6 Å². The van der Waals surface area contributed by atoms with Crippen molar-refractivity contribution in [2.45, 2.75) is 66.2 Å². The molecule has 4 N–H and O–H groups in total. The fourth-order valence-electron chi connectivity index (χ4n) is 6.64. The van der Waals surface area contributed by atoms with E-state index in [1.165, 1.54) is 23.2 Å². The molecule has 0 saturated carbocycles. The fourth-order valence-corrected chi connectivity index (χ4v) is 6.64. The smallest absolute Gasteiger partial charge is 0.312 e. The number of aromatic nitrogens is 1. The van der Waals surface area contributed by atoms with Gasteiger partial charge in [0.15, 0.2) is 0 Å². The maximum absolute atomic E-state index is 13.3. The number of carbonyl (C=O) groups excluding carboxylic acids is 1. The van der Waals surface area contributed by atoms with Crippen LogP contribution in [0.5, 0.6) is 5.75 Å². The number of hydrogen-bond acceptors (Lipinski definition) is 8. The molecule has 8 heteroatoms. The molecule has 0 aliphatic carbocycles. The number of fused-ring (bicyclic) bond motifs is 2. The summed E-state index contributed by atoms with van der Waals surface area (Å²) in [6.07, 6.45) is 1.83. The first-order valence-corrected chi connectivity index (χ1v) is 15.1. The Kier molecular flexibility index (Phi) is 8.35. The van der Waals surface area contributed by atoms with Crippen LogP contribution in [0, 0.1) is 19.3 Å². The van der Waals surface area contributed by atoms with Gasteiger partial charge in [-0.1, -0.05) is 30.3 Å². The molecule has 0 saturated heterocycles. The van der Waals surface area contributed by atoms with Crippen LogP contribution >= 0.6 is 0 Å². The number of aryl methyl sites for hydroxylation is 1. The molecule has 1 unspecified atom stereocenters. The lowest BCUT2D eigenvalue weighted by Gasteiger charge is -2.35. The number of carbonyl (C=O) groups is 1. The highest BCUT2D eigenvalue weighted by Crippen LogP contribution is 2.46. The Morgan fingerprint density at radius 2 is 1.91 bits per heavy atom. The Labute approximate surface area is 260 Å². The molecule has 1 aromatic heterocycles. The molecule has 1 aliphatic rings. The van der Waals surface area contributed by atoms with Crippen molar-refractivity contribution < 1.29 is 14.3 Å². The van der Waals surface area contributed by atoms with Gasteiger partial charge in [-0.05, 0) is 93.6 Å². The van der Waals surface area contributed by atoms with Crippen LogP contribution in [-0.4, -0.2) is 42.2 Å². The molecule has 8 nitrogen and oxygen atoms in total. The van der Waals surface area contributed by atoms with Gasteiger partial charge in [0.1, 0.15) is 11.4 Å². The Bertz CT molecular complexity index is 1710. The molecular formula is C36H45N5O3. The lowest BCUT2D eigenvalue weighted by Crippen LogP contribution is -2.40. The normalized spacial score (nSPS) is 15.7. The second kappa shape index (κ2) is 11.7. The summed E-state index contributed by atoms with van der Waals surface area (Å²) in [4.78, 5) is 20.3. The highest BCUT2D eigenvalue weighted by Gasteiger charge is 2.41. The Balaban J connectivity index is 1.57. The number of nitrogens with two attached hydrogens (primary N) is 2. The van der Waals surface area contributed by atoms with Crippen LogP contribution in [0.25, 0.3) is 10.9 Å². The number of ether oxygens (including phenoxy) is 2. The summed E-state index contributed by atoms with van der Waals surface area (Å²) in [6, 6.07) is 18.7. The first-order valence-electron chi connectivity index (χ1n) is 15.1. The minimum absolute atomic E-state index is 0.286. The summed E-state index contributed by atoms with van der Waals surface area (Å²) in [5, 5.41) is 2.58. The molecule has 3 aromatic carbocycles. The number of nitrogen functional groups attached to an aromatic ring is 1. The van der Waals surface area contributed by atoms with Crippen molar-refractivity contribution in [1.29, 1.82) is 0 Å². The zero-order chi connectivity index (χ0) is 32.0. The van der Waals surface area contributed by atoms with Gasteiger partial charge in [-0.2, -0.15) is 0 Å². The van der Waals surface area contributed by atoms with E-state index >= 15 is 0 Å². The topological polar surface area (TPSA) is 107 Å². The molecule has 0 fully saturated rings. The lowest BCUT2D eigenvalue weighted by molar-refractivity contribution is -0.151. The average Bonchev–Trinajstić information content (AvgIpc) is 3.08. The maximum atomic E-state index is 13.3. The zero-order valence-electron chi connectivity index (χ0n) is 27.2. The lowest BCUT2D eigenvalue weighted by atomic mass is 9.69. The van der Waals surface area contributed by atoms with Crippen LogP contribution in [0.4, 0.5) is 11.4 Å². The number of rotatable bonds is 7. The largest absolute Gasteiger partial charge is 0.486 e. The van der Waals surface area contributed by atoms with E-state index < -0.39 is 11.0 Å². The van der Waals surface area contributed by atoms with Gasteiger partial charge in [0, 0.05) is 49.7 Å². The minimum Gasteiger partial charge on any atom is -0.486 e. The average molecular weight is 596 g/mol. The molecule has 44 heavy (non-hydrogen) atoms. The van der Waals surface area contributed by atoms with Gasteiger partial charge in [0.25, 0.3) is 0 Å². The molecule has 1 aliphatic heterocycles. The number of benzene rings is 3. The van der Waals surface area contributed by atoms with E-state index in [0.29, 0.717) is 5.69 Å². The van der Waals surface area contributed by atoms with Crippen LogP contribution in [0.1, 0.15) is 67.0 Å². The molecule has 4 aromatic rings. The fraction of sp³-hybridized carbons (Fsp3) is 0.389. The highest BCUT2D eigenvalue weighted by atomic mass is 16.5. The summed E-state index contributed by atoms with van der Waals surface area (Å²) < 4.78 is 11.9. The van der Waals surface area contributed by atoms with Crippen molar-refractivity contribution in [3.8, 4) is 5.75 Å². The molecule has 5 rings (SSSR count). The van der Waals surface area contributed by atoms with Gasteiger partial charge in [0.05, 0.1) is 29.4 Å². The third-order valence-corrected chi connectivity index (χ3v) is 8.93. The number of hydrogen-bond donors (Lipinski definition) is 2. The summed E-state index contributed by atoms with van der Waals surface area (Å²) in [6.45, 7) is 14.5. The second-order valence-corrected chi connectivity index (χ2v) is 13.3. The van der Waals surface area contributed by atoms with E-state index in [1.807, 2.05) is 45.2 Å². The maximum Gasteiger partial charge on any atom is 0.312 e. The van der Waals surface area contributed by atoms with Gasteiger partial charge in [-0.15, -0.1) is 0 Å². The first-order chi connectivity index (χ1) is 20.7. The summed E-state index contributed by atoms with van der Waals surface area (Å²) in [5.41, 5.74) is 14.0. The number of esters is 1. The van der Waals surface area contributed by atoms with E-state index in [0.717, 1.165) is 64.2 Å². The first kappa shape index (κ1) is 31.3. The molecule has 0 amide bonds. The van der Waals surface area contributed by atoms with Crippen LogP contribution in [0.15, 0.2) is 60.8 Å². The third kappa shape index (κ3) is 5.97. The summed E-state index contributed by atoms with van der Waals surface area (Å²) in [7, 11) is 3.20. The number of nitrogens with zero attached hydrogens (tertiary/aromatic N) is 3. The number of hydrazine groups is 1. The van der Waals surface area contributed by atoms with Gasteiger partial charge in [0.2, 0.25) is 0 Å². The Hall–Kier alpha value is -4.14. The van der Waals surface area contributed by atoms with Crippen molar-refractivity contribution in [3.05, 3.63) is 94.2 Å². The van der Waals surface area contributed by atoms with Gasteiger partial charge in [-0.3, -0.25) is 14.7 Å². The minimum atomic E-state index is -0.875. The standard InChI is InChI=1S/C36H45N5O3/c1-22-11-12-25(32(36(5,6)34(42)43-8)28-13-14-30(40(7)38)33(37)23(28)2)16-26(22)19-41-20-27-17-29-24(10-9-15-39-29)18-31(27)44-35(3,4)21-41/h9-18,32H,19-21,37-38H2,1-8H3. The summed E-state index contributed by atoms with van der Waals surface area (Å²) in [5.74, 6) is 6.36. The Morgan fingerprint density at radius 1 is 1.16 bits per heavy atom. The van der Waals surface area contributed by atoms with Crippen molar-refractivity contribution in [2.75, 3.05) is 31.4 Å². The van der Waals surface area contributed by atoms with E-state index in [1.54, 1.807) is 7.05 Å². The monoisotopic (exact) mass is 595 g/mol. The number of anilines is 2. The van der Waals surface area contributed by atoms with Crippen molar-refractivity contribution in [2.24, 2.45) is 11.3 Å². The second-order valence-electron chi connectivity index (χ2n) is 13.3. The molecule has 0 radical (unpaired) electrons. The van der Waals surface area contributed by atoms with Crippen LogP contribution in [0.2, 0.25) is 0 Å². The highest BCUT2D eigenvalue weighted by molar-refractivity contribution is 5.81. The summed E-state index contributed by atoms with van der Waals surface area (Å²) >= 11 is 0. The molecule has 232 valence electrons. The SMILES string of the molecule is COC(=O)C(C)(C)C(c1ccc(C)c(CN2Cc3cc4ncccc4cc3OC(C)(C)C2)c1)c1ccc(N(C)N)c(N)c1C. The molecule has 0 spiro atoms. The van der Waals surface area contributed by atoms with Gasteiger partial charge >= 0.3 is 5.97 Å². The predicted octanol–water partition coefficient (Wildman–Crippen LogP) is 6.25. The molecular weight excluding hydrogens is 550 g/mol. The van der Waals surface area contributed by atoms with E-state index in [2.05, 4.69) is 67.1 Å². The van der Waals surface area contributed by atoms with E-state index in [4.69, 9.17) is 21.1 Å². The van der Waals surface area contributed by atoms with Crippen molar-refractivity contribution in [1.82, 2.24) is 9.88 Å². The predicted molar refractivity (Wildman–Crippen MR) is 178 cm³/mol. The van der Waals surface area contributed by atoms with E-state index in [-0.39, 0.29) is 11.9 Å². The van der Waals surface area contributed by atoms with Crippen LogP contribution < -0.4 is 21.3 Å². The number of methoxy groups -OCH3 is 1. The molecule has 0 bridgehead atoms. The van der Waals surface area contributed by atoms with Gasteiger partial charge < -0.3 is 20.2 Å². The van der Waals surface area contributed by atoms with Crippen molar-refractivity contribution >= 4 is 28.2 Å². The zero-order valence-corrected chi connectivity index (χ0v) is 27.2. The number of pyridine rings is 1. The van der Waals surface area contributed by atoms with Crippen LogP contribution in [0.3, 0.4) is 0 Å².